The van der Waals surface area contributed by atoms with Crippen molar-refractivity contribution < 1.29 is 4.79 Å². The highest BCUT2D eigenvalue weighted by Gasteiger charge is 2.61. The molecule has 2 aliphatic rings. The van der Waals surface area contributed by atoms with E-state index in [1.807, 2.05) is 24.3 Å². The lowest BCUT2D eigenvalue weighted by molar-refractivity contribution is -0.131. The van der Waals surface area contributed by atoms with Gasteiger partial charge in [0.2, 0.25) is 0 Å². The molecule has 0 heterocycles. The predicted octanol–water partition coefficient (Wildman–Crippen LogP) is 9.67. The third kappa shape index (κ3) is 4.12. The normalized spacial score (nSPS) is 26.9. The molecular weight excluding hydrogens is 507 g/mol. The van der Waals surface area contributed by atoms with Crippen LogP contribution in [0, 0.1) is 0 Å². The number of carbonyl (C=O) groups excluding carboxylic acids is 1. The van der Waals surface area contributed by atoms with Crippen LogP contribution in [0.15, 0.2) is 109 Å². The standard InChI is InChI=1S/C35H32Cl2O/c36-29-19-15-27(16-20-29)34(23-7-13-31(34)25-9-3-1-4-10-25)33(38)35(28-17-21-30(37)22-18-28)24-8-14-32(35)26-11-5-2-6-12-26/h1-6,9-12,15-22,31-32H,7-8,13-14,23-24H2. The van der Waals surface area contributed by atoms with E-state index in [0.29, 0.717) is 15.8 Å². The fraction of sp³-hybridized carbons (Fsp3) is 0.286. The topological polar surface area (TPSA) is 17.1 Å². The number of halogens is 2. The van der Waals surface area contributed by atoms with Gasteiger partial charge >= 0.3 is 0 Å². The molecule has 0 saturated heterocycles. The minimum Gasteiger partial charge on any atom is -0.298 e. The summed E-state index contributed by atoms with van der Waals surface area (Å²) in [7, 11) is 0. The molecule has 0 amide bonds. The van der Waals surface area contributed by atoms with Crippen molar-refractivity contribution in [3.63, 3.8) is 0 Å². The van der Waals surface area contributed by atoms with Gasteiger partial charge in [0.05, 0.1) is 10.8 Å². The van der Waals surface area contributed by atoms with Gasteiger partial charge in [-0.25, -0.2) is 0 Å². The van der Waals surface area contributed by atoms with Crippen molar-refractivity contribution in [2.45, 2.75) is 61.2 Å². The van der Waals surface area contributed by atoms with E-state index >= 15 is 4.79 Å². The summed E-state index contributed by atoms with van der Waals surface area (Å²) in [6.45, 7) is 0. The molecule has 0 spiro atoms. The maximum atomic E-state index is 15.8. The van der Waals surface area contributed by atoms with Crippen LogP contribution < -0.4 is 0 Å². The Morgan fingerprint density at radius 1 is 0.553 bits per heavy atom. The molecule has 2 aliphatic carbocycles. The lowest BCUT2D eigenvalue weighted by Gasteiger charge is -2.45. The van der Waals surface area contributed by atoms with Gasteiger partial charge in [0.25, 0.3) is 0 Å². The van der Waals surface area contributed by atoms with Gasteiger partial charge in [0, 0.05) is 21.9 Å². The fourth-order valence-corrected chi connectivity index (χ4v) is 7.93. The zero-order valence-electron chi connectivity index (χ0n) is 21.5. The van der Waals surface area contributed by atoms with E-state index in [9.17, 15) is 0 Å². The zero-order chi connectivity index (χ0) is 26.2. The highest BCUT2D eigenvalue weighted by Crippen LogP contribution is 2.61. The molecule has 0 N–H and O–H groups in total. The average Bonchev–Trinajstić information content (AvgIpc) is 3.61. The van der Waals surface area contributed by atoms with Crippen molar-refractivity contribution in [2.24, 2.45) is 0 Å². The Kier molecular flexibility index (Phi) is 6.93. The first-order valence-corrected chi connectivity index (χ1v) is 14.5. The first kappa shape index (κ1) is 25.4. The van der Waals surface area contributed by atoms with Crippen molar-refractivity contribution in [3.8, 4) is 0 Å². The van der Waals surface area contributed by atoms with Gasteiger partial charge in [0.15, 0.2) is 5.78 Å². The Hall–Kier alpha value is -2.87. The van der Waals surface area contributed by atoms with Gasteiger partial charge in [-0.15, -0.1) is 0 Å². The molecule has 2 saturated carbocycles. The lowest BCUT2D eigenvalue weighted by atomic mass is 9.55. The van der Waals surface area contributed by atoms with E-state index in [1.54, 1.807) is 0 Å². The van der Waals surface area contributed by atoms with Gasteiger partial charge in [-0.1, -0.05) is 121 Å². The summed E-state index contributed by atoms with van der Waals surface area (Å²) >= 11 is 12.7. The van der Waals surface area contributed by atoms with Gasteiger partial charge in [0.1, 0.15) is 0 Å². The van der Waals surface area contributed by atoms with Crippen molar-refractivity contribution in [2.75, 3.05) is 0 Å². The van der Waals surface area contributed by atoms with Crippen LogP contribution in [0.4, 0.5) is 0 Å². The summed E-state index contributed by atoms with van der Waals surface area (Å²) in [5, 5.41) is 1.39. The van der Waals surface area contributed by atoms with Gasteiger partial charge in [-0.2, -0.15) is 0 Å². The third-order valence-electron chi connectivity index (χ3n) is 9.25. The molecule has 6 rings (SSSR count). The fourth-order valence-electron chi connectivity index (χ4n) is 7.67. The molecule has 38 heavy (non-hydrogen) atoms. The van der Waals surface area contributed by atoms with Crippen molar-refractivity contribution >= 4 is 29.0 Å². The Morgan fingerprint density at radius 3 is 1.29 bits per heavy atom. The molecule has 0 bridgehead atoms. The summed E-state index contributed by atoms with van der Waals surface area (Å²) in [4.78, 5) is 15.8. The number of benzene rings is 4. The van der Waals surface area contributed by atoms with E-state index in [4.69, 9.17) is 23.2 Å². The summed E-state index contributed by atoms with van der Waals surface area (Å²) in [6, 6.07) is 37.5. The third-order valence-corrected chi connectivity index (χ3v) is 9.75. The van der Waals surface area contributed by atoms with Gasteiger partial charge < -0.3 is 0 Å². The first-order chi connectivity index (χ1) is 18.6. The maximum absolute atomic E-state index is 15.8. The van der Waals surface area contributed by atoms with E-state index < -0.39 is 10.8 Å². The van der Waals surface area contributed by atoms with Crippen LogP contribution in [0.1, 0.15) is 72.6 Å². The lowest BCUT2D eigenvalue weighted by Crippen LogP contribution is -2.51. The second kappa shape index (κ2) is 10.4. The summed E-state index contributed by atoms with van der Waals surface area (Å²) < 4.78 is 0. The van der Waals surface area contributed by atoms with Crippen LogP contribution in [0.5, 0.6) is 0 Å². The van der Waals surface area contributed by atoms with Crippen LogP contribution in [0.2, 0.25) is 10.0 Å². The summed E-state index contributed by atoms with van der Waals surface area (Å²) in [6.07, 6.45) is 5.69. The quantitative estimate of drug-likeness (QED) is 0.238. The highest BCUT2D eigenvalue weighted by molar-refractivity contribution is 6.30. The smallest absolute Gasteiger partial charge is 0.155 e. The summed E-state index contributed by atoms with van der Waals surface area (Å²) in [5.74, 6) is 0.574. The highest BCUT2D eigenvalue weighted by atomic mass is 35.5. The Labute approximate surface area is 235 Å². The molecule has 192 valence electrons. The molecule has 1 nitrogen and oxygen atoms in total. The van der Waals surface area contributed by atoms with Crippen LogP contribution in [0.3, 0.4) is 0 Å². The van der Waals surface area contributed by atoms with Crippen LogP contribution >= 0.6 is 23.2 Å². The van der Waals surface area contributed by atoms with Crippen molar-refractivity contribution in [1.82, 2.24) is 0 Å². The molecule has 4 unspecified atom stereocenters. The number of hydrogen-bond donors (Lipinski definition) is 0. The van der Waals surface area contributed by atoms with Crippen LogP contribution in [-0.2, 0) is 15.6 Å². The Morgan fingerprint density at radius 2 is 0.921 bits per heavy atom. The van der Waals surface area contributed by atoms with E-state index in [0.717, 1.165) is 49.7 Å². The molecule has 4 aromatic rings. The molecule has 2 fully saturated rings. The molecule has 4 atom stereocenters. The number of carbonyl (C=O) groups is 1. The van der Waals surface area contributed by atoms with E-state index in [2.05, 4.69) is 84.9 Å². The molecule has 3 heteroatoms. The maximum Gasteiger partial charge on any atom is 0.155 e. The number of hydrogen-bond acceptors (Lipinski definition) is 1. The van der Waals surface area contributed by atoms with Crippen LogP contribution in [0.25, 0.3) is 0 Å². The van der Waals surface area contributed by atoms with Crippen LogP contribution in [-0.4, -0.2) is 5.78 Å². The molecular formula is C35H32Cl2O. The summed E-state index contributed by atoms with van der Waals surface area (Å²) in [5.41, 5.74) is 3.39. The predicted molar refractivity (Wildman–Crippen MR) is 157 cm³/mol. The molecule has 0 aliphatic heterocycles. The second-order valence-corrected chi connectivity index (χ2v) is 11.9. The minimum atomic E-state index is -0.636. The largest absolute Gasteiger partial charge is 0.298 e. The first-order valence-electron chi connectivity index (χ1n) is 13.7. The van der Waals surface area contributed by atoms with Gasteiger partial charge in [-0.05, 0) is 72.2 Å². The Balaban J connectivity index is 1.60. The van der Waals surface area contributed by atoms with Crippen molar-refractivity contribution in [3.05, 3.63) is 141 Å². The zero-order valence-corrected chi connectivity index (χ0v) is 23.0. The molecule has 4 aromatic carbocycles. The molecule has 0 aromatic heterocycles. The number of rotatable bonds is 6. The second-order valence-electron chi connectivity index (χ2n) is 11.0. The van der Waals surface area contributed by atoms with E-state index in [1.165, 1.54) is 11.1 Å². The number of Topliss-reactive ketones (excluding diaryl/α,β-unsaturated/α-hetero) is 1. The minimum absolute atomic E-state index is 0.110. The monoisotopic (exact) mass is 538 g/mol. The Bertz CT molecular complexity index is 1290. The molecule has 0 radical (unpaired) electrons. The van der Waals surface area contributed by atoms with Crippen molar-refractivity contribution in [1.29, 1.82) is 0 Å². The SMILES string of the molecule is O=C(C1(c2ccc(Cl)cc2)CCCC1c1ccccc1)C1(c2ccc(Cl)cc2)CCCC1c1ccccc1. The van der Waals surface area contributed by atoms with E-state index in [-0.39, 0.29) is 11.8 Å². The average molecular weight is 540 g/mol. The number of ketones is 1. The van der Waals surface area contributed by atoms with Gasteiger partial charge in [-0.3, -0.25) is 4.79 Å².